The molecule has 23 heavy (non-hydrogen) atoms. The van der Waals surface area contributed by atoms with Crippen LogP contribution in [0.15, 0.2) is 47.8 Å². The summed E-state index contributed by atoms with van der Waals surface area (Å²) >= 11 is 1.70. The molecule has 0 N–H and O–H groups in total. The number of amides is 1. The molecular formula is C19H22N2OS. The van der Waals surface area contributed by atoms with Crippen molar-refractivity contribution in [1.82, 2.24) is 9.47 Å². The Balaban J connectivity index is 1.69. The summed E-state index contributed by atoms with van der Waals surface area (Å²) in [6, 6.07) is 14.8. The summed E-state index contributed by atoms with van der Waals surface area (Å²) in [5, 5.41) is 3.29. The molecule has 0 aliphatic carbocycles. The van der Waals surface area contributed by atoms with Gasteiger partial charge in [-0.2, -0.15) is 0 Å². The topological polar surface area (TPSA) is 25.2 Å². The molecule has 0 aliphatic heterocycles. The first-order valence-corrected chi connectivity index (χ1v) is 8.80. The Labute approximate surface area is 141 Å². The maximum atomic E-state index is 12.5. The van der Waals surface area contributed by atoms with Gasteiger partial charge in [-0.15, -0.1) is 11.3 Å². The van der Waals surface area contributed by atoms with Crippen LogP contribution in [-0.4, -0.2) is 22.4 Å². The van der Waals surface area contributed by atoms with Crippen molar-refractivity contribution in [1.29, 1.82) is 0 Å². The Hall–Kier alpha value is -2.07. The number of para-hydroxylation sites is 1. The predicted octanol–water partition coefficient (Wildman–Crippen LogP) is 4.62. The summed E-state index contributed by atoms with van der Waals surface area (Å²) < 4.78 is 2.23. The Kier molecular flexibility index (Phi) is 4.53. The van der Waals surface area contributed by atoms with Crippen LogP contribution in [0.4, 0.5) is 0 Å². The van der Waals surface area contributed by atoms with Crippen LogP contribution in [0.3, 0.4) is 0 Å². The van der Waals surface area contributed by atoms with E-state index in [1.807, 2.05) is 30.1 Å². The first kappa shape index (κ1) is 15.8. The second-order valence-electron chi connectivity index (χ2n) is 5.94. The van der Waals surface area contributed by atoms with Crippen LogP contribution in [0.1, 0.15) is 30.0 Å². The van der Waals surface area contributed by atoms with Crippen molar-refractivity contribution >= 4 is 28.1 Å². The van der Waals surface area contributed by atoms with Crippen LogP contribution in [-0.2, 0) is 11.3 Å². The largest absolute Gasteiger partial charge is 0.344 e. The summed E-state index contributed by atoms with van der Waals surface area (Å²) in [5.41, 5.74) is 2.40. The van der Waals surface area contributed by atoms with E-state index in [1.54, 1.807) is 11.3 Å². The van der Waals surface area contributed by atoms with E-state index < -0.39 is 0 Å². The van der Waals surface area contributed by atoms with Crippen LogP contribution in [0.5, 0.6) is 0 Å². The fourth-order valence-electron chi connectivity index (χ4n) is 2.96. The fraction of sp³-hybridized carbons (Fsp3) is 0.316. The number of hydrogen-bond donors (Lipinski definition) is 0. The molecule has 1 amide bonds. The zero-order valence-corrected chi connectivity index (χ0v) is 14.6. The molecule has 3 rings (SSSR count). The minimum absolute atomic E-state index is 0.130. The van der Waals surface area contributed by atoms with Crippen LogP contribution in [0.25, 0.3) is 10.9 Å². The zero-order valence-electron chi connectivity index (χ0n) is 13.8. The second-order valence-corrected chi connectivity index (χ2v) is 6.92. The monoisotopic (exact) mass is 326 g/mol. The van der Waals surface area contributed by atoms with E-state index in [4.69, 9.17) is 0 Å². The van der Waals surface area contributed by atoms with E-state index in [0.29, 0.717) is 6.42 Å². The molecule has 0 aliphatic rings. The molecule has 0 fully saturated rings. The molecule has 0 radical (unpaired) electrons. The van der Waals surface area contributed by atoms with E-state index in [9.17, 15) is 4.79 Å². The molecule has 3 nitrogen and oxygen atoms in total. The highest BCUT2D eigenvalue weighted by Crippen LogP contribution is 2.24. The maximum Gasteiger partial charge on any atom is 0.224 e. The molecule has 0 saturated heterocycles. The summed E-state index contributed by atoms with van der Waals surface area (Å²) in [6.07, 6.45) is 0.520. The third kappa shape index (κ3) is 3.17. The number of rotatable bonds is 5. The van der Waals surface area contributed by atoms with E-state index in [0.717, 1.165) is 6.54 Å². The van der Waals surface area contributed by atoms with Gasteiger partial charge in [0, 0.05) is 36.1 Å². The van der Waals surface area contributed by atoms with Gasteiger partial charge in [0.1, 0.15) is 0 Å². The first-order valence-electron chi connectivity index (χ1n) is 7.92. The quantitative estimate of drug-likeness (QED) is 0.671. The van der Waals surface area contributed by atoms with E-state index in [2.05, 4.69) is 48.1 Å². The van der Waals surface area contributed by atoms with E-state index in [1.165, 1.54) is 21.5 Å². The first-order chi connectivity index (χ1) is 11.1. The molecule has 4 heteroatoms. The van der Waals surface area contributed by atoms with Gasteiger partial charge in [-0.3, -0.25) is 4.79 Å². The lowest BCUT2D eigenvalue weighted by Crippen LogP contribution is -2.30. The molecule has 120 valence electrons. The maximum absolute atomic E-state index is 12.5. The van der Waals surface area contributed by atoms with Crippen molar-refractivity contribution < 1.29 is 4.79 Å². The van der Waals surface area contributed by atoms with Gasteiger partial charge in [-0.1, -0.05) is 24.3 Å². The normalized spacial score (nSPS) is 12.5. The van der Waals surface area contributed by atoms with Gasteiger partial charge < -0.3 is 9.47 Å². The minimum atomic E-state index is 0.130. The van der Waals surface area contributed by atoms with Crippen molar-refractivity contribution in [2.24, 2.45) is 0 Å². The van der Waals surface area contributed by atoms with Gasteiger partial charge in [-0.05, 0) is 42.8 Å². The second kappa shape index (κ2) is 6.59. The van der Waals surface area contributed by atoms with Crippen molar-refractivity contribution in [2.45, 2.75) is 32.9 Å². The average Bonchev–Trinajstić information content (AvgIpc) is 3.18. The van der Waals surface area contributed by atoms with E-state index in [-0.39, 0.29) is 11.9 Å². The highest BCUT2D eigenvalue weighted by molar-refractivity contribution is 7.10. The molecule has 3 aromatic rings. The van der Waals surface area contributed by atoms with Crippen molar-refractivity contribution in [3.05, 3.63) is 58.4 Å². The minimum Gasteiger partial charge on any atom is -0.344 e. The molecular weight excluding hydrogens is 304 g/mol. The summed E-state index contributed by atoms with van der Waals surface area (Å²) in [6.45, 7) is 4.90. The van der Waals surface area contributed by atoms with Gasteiger partial charge in [0.25, 0.3) is 0 Å². The van der Waals surface area contributed by atoms with Gasteiger partial charge in [0.05, 0.1) is 6.04 Å². The lowest BCUT2D eigenvalue weighted by molar-refractivity contribution is -0.131. The Bertz CT molecular complexity index is 804. The van der Waals surface area contributed by atoms with Crippen LogP contribution >= 0.6 is 11.3 Å². The number of thiophene rings is 1. The smallest absolute Gasteiger partial charge is 0.224 e. The van der Waals surface area contributed by atoms with Gasteiger partial charge >= 0.3 is 0 Å². The molecule has 1 atom stereocenters. The third-order valence-electron chi connectivity index (χ3n) is 4.50. The van der Waals surface area contributed by atoms with Gasteiger partial charge in [0.2, 0.25) is 5.91 Å². The third-order valence-corrected chi connectivity index (χ3v) is 5.54. The average molecular weight is 326 g/mol. The number of aromatic nitrogens is 1. The highest BCUT2D eigenvalue weighted by atomic mass is 32.1. The Morgan fingerprint density at radius 2 is 2.04 bits per heavy atom. The fourth-order valence-corrected chi connectivity index (χ4v) is 3.79. The number of benzene rings is 1. The molecule has 0 spiro atoms. The lowest BCUT2D eigenvalue weighted by Gasteiger charge is -2.24. The summed E-state index contributed by atoms with van der Waals surface area (Å²) in [5.74, 6) is 0.183. The number of carbonyl (C=O) groups excluding carboxylic acids is 1. The van der Waals surface area contributed by atoms with Crippen molar-refractivity contribution in [3.8, 4) is 0 Å². The molecule has 2 heterocycles. The molecule has 0 unspecified atom stereocenters. The highest BCUT2D eigenvalue weighted by Gasteiger charge is 2.18. The SMILES string of the molecule is Cc1cc2ccccc2n1CCC(=O)N(C)[C@H](C)c1cccs1. The molecule has 0 saturated carbocycles. The van der Waals surface area contributed by atoms with Gasteiger partial charge in [-0.25, -0.2) is 0 Å². The van der Waals surface area contributed by atoms with Crippen molar-refractivity contribution in [3.63, 3.8) is 0 Å². The number of nitrogens with zero attached hydrogens (tertiary/aromatic N) is 2. The Morgan fingerprint density at radius 3 is 2.78 bits per heavy atom. The number of hydrogen-bond acceptors (Lipinski definition) is 2. The van der Waals surface area contributed by atoms with Crippen LogP contribution in [0, 0.1) is 6.92 Å². The number of carbonyl (C=O) groups is 1. The standard InChI is InChI=1S/C19H22N2OS/c1-14-13-16-7-4-5-8-17(16)21(14)11-10-19(22)20(3)15(2)18-9-6-12-23-18/h4-9,12-13,15H,10-11H2,1-3H3/t15-/m1/s1. The van der Waals surface area contributed by atoms with Crippen molar-refractivity contribution in [2.75, 3.05) is 7.05 Å². The number of aryl methyl sites for hydroxylation is 2. The molecule has 0 bridgehead atoms. The molecule has 1 aromatic carbocycles. The lowest BCUT2D eigenvalue weighted by atomic mass is 10.2. The predicted molar refractivity (Wildman–Crippen MR) is 96.8 cm³/mol. The Morgan fingerprint density at radius 1 is 1.26 bits per heavy atom. The summed E-state index contributed by atoms with van der Waals surface area (Å²) in [4.78, 5) is 15.6. The molecule has 2 aromatic heterocycles. The van der Waals surface area contributed by atoms with Gasteiger partial charge in [0.15, 0.2) is 0 Å². The van der Waals surface area contributed by atoms with Crippen LogP contribution < -0.4 is 0 Å². The van der Waals surface area contributed by atoms with E-state index >= 15 is 0 Å². The van der Waals surface area contributed by atoms with Crippen LogP contribution in [0.2, 0.25) is 0 Å². The summed E-state index contributed by atoms with van der Waals surface area (Å²) in [7, 11) is 1.90. The zero-order chi connectivity index (χ0) is 16.4. The number of fused-ring (bicyclic) bond motifs is 1.